The first-order valence-electron chi connectivity index (χ1n) is 12.9. The normalized spacial score (nSPS) is 13.8. The lowest BCUT2D eigenvalue weighted by atomic mass is 10.1. The molecule has 0 aromatic heterocycles. The number of benzene rings is 4. The Balaban J connectivity index is 1.39. The molecule has 0 aliphatic carbocycles. The molecule has 39 heavy (non-hydrogen) atoms. The zero-order valence-electron chi connectivity index (χ0n) is 22.0. The first kappa shape index (κ1) is 26.9. The van der Waals surface area contributed by atoms with Crippen molar-refractivity contribution in [1.82, 2.24) is 5.32 Å². The Hall–Kier alpha value is -3.74. The number of anilines is 1. The van der Waals surface area contributed by atoms with Gasteiger partial charge in [0.25, 0.3) is 11.8 Å². The quantitative estimate of drug-likeness (QED) is 0.184. The van der Waals surface area contributed by atoms with E-state index in [1.54, 1.807) is 16.7 Å². The summed E-state index contributed by atoms with van der Waals surface area (Å²) in [5, 5.41) is 3.04. The minimum absolute atomic E-state index is 0.0656. The summed E-state index contributed by atoms with van der Waals surface area (Å²) in [7, 11) is 0. The maximum absolute atomic E-state index is 13.8. The molecule has 6 heteroatoms. The molecule has 0 radical (unpaired) electrons. The van der Waals surface area contributed by atoms with Crippen molar-refractivity contribution >= 4 is 47.1 Å². The van der Waals surface area contributed by atoms with E-state index in [2.05, 4.69) is 41.9 Å². The molecule has 4 nitrogen and oxygen atoms in total. The molecule has 0 saturated heterocycles. The number of hydrogen-bond donors (Lipinski definition) is 1. The second kappa shape index (κ2) is 12.4. The van der Waals surface area contributed by atoms with Crippen LogP contribution >= 0.6 is 23.5 Å². The fourth-order valence-corrected chi connectivity index (χ4v) is 5.96. The largest absolute Gasteiger partial charge is 0.352 e. The number of carbonyl (C=O) groups excluding carboxylic acids is 2. The summed E-state index contributed by atoms with van der Waals surface area (Å²) >= 11 is 3.17. The van der Waals surface area contributed by atoms with E-state index in [0.29, 0.717) is 23.6 Å². The minimum Gasteiger partial charge on any atom is -0.352 e. The Morgan fingerprint density at radius 3 is 2.46 bits per heavy atom. The van der Waals surface area contributed by atoms with Crippen molar-refractivity contribution in [3.63, 3.8) is 0 Å². The number of fused-ring (bicyclic) bond motifs is 1. The Morgan fingerprint density at radius 2 is 1.72 bits per heavy atom. The van der Waals surface area contributed by atoms with Gasteiger partial charge in [0.2, 0.25) is 0 Å². The van der Waals surface area contributed by atoms with Gasteiger partial charge in [-0.25, -0.2) is 0 Å². The molecule has 0 bridgehead atoms. The first-order chi connectivity index (χ1) is 19.0. The number of rotatable bonds is 8. The monoisotopic (exact) mass is 550 g/mol. The number of nitrogens with zero attached hydrogens (tertiary/aromatic N) is 1. The summed E-state index contributed by atoms with van der Waals surface area (Å²) in [6.45, 7) is 3.02. The molecule has 0 unspecified atom stereocenters. The molecule has 4 aromatic carbocycles. The van der Waals surface area contributed by atoms with Crippen LogP contribution in [0.3, 0.4) is 0 Å². The standard InChI is InChI=1S/C33H30N2O2S2/c1-23-7-6-10-26(19-23)22-35-29-21-27(32(36)34-18-17-24-11-14-28(38-2)15-12-24)13-16-30(29)39-31(33(35)37)20-25-8-4-3-5-9-25/h3-16,19-21H,17-18,22H2,1-2H3,(H,34,36)/b31-20-. The predicted molar refractivity (Wildman–Crippen MR) is 163 cm³/mol. The maximum Gasteiger partial charge on any atom is 0.265 e. The van der Waals surface area contributed by atoms with Crippen molar-refractivity contribution < 1.29 is 9.59 Å². The fourth-order valence-electron chi connectivity index (χ4n) is 4.52. The van der Waals surface area contributed by atoms with Gasteiger partial charge in [-0.05, 0) is 72.7 Å². The molecule has 2 amide bonds. The average molecular weight is 551 g/mol. The van der Waals surface area contributed by atoms with Crippen LogP contribution in [0.1, 0.15) is 32.6 Å². The number of carbonyl (C=O) groups is 2. The molecule has 5 rings (SSSR count). The van der Waals surface area contributed by atoms with E-state index in [0.717, 1.165) is 33.7 Å². The molecule has 1 aliphatic rings. The van der Waals surface area contributed by atoms with Crippen molar-refractivity contribution in [2.45, 2.75) is 29.7 Å². The smallest absolute Gasteiger partial charge is 0.265 e. The third-order valence-electron chi connectivity index (χ3n) is 6.57. The van der Waals surface area contributed by atoms with Crippen molar-refractivity contribution in [2.24, 2.45) is 0 Å². The number of nitrogens with one attached hydrogen (secondary N) is 1. The fraction of sp³-hybridized carbons (Fsp3) is 0.152. The van der Waals surface area contributed by atoms with E-state index in [9.17, 15) is 9.59 Å². The molecule has 1 aliphatic heterocycles. The summed E-state index contributed by atoms with van der Waals surface area (Å²) < 4.78 is 0. The molecule has 0 fully saturated rings. The van der Waals surface area contributed by atoms with Gasteiger partial charge in [0.15, 0.2) is 0 Å². The summed E-state index contributed by atoms with van der Waals surface area (Å²) in [5.41, 5.74) is 5.65. The predicted octanol–water partition coefficient (Wildman–Crippen LogP) is 7.37. The topological polar surface area (TPSA) is 49.4 Å². The van der Waals surface area contributed by atoms with Gasteiger partial charge in [-0.3, -0.25) is 9.59 Å². The molecule has 1 N–H and O–H groups in total. The molecule has 0 atom stereocenters. The van der Waals surface area contributed by atoms with Crippen LogP contribution in [0, 0.1) is 6.92 Å². The Labute approximate surface area is 238 Å². The molecular formula is C33H30N2O2S2. The second-order valence-electron chi connectivity index (χ2n) is 9.44. The second-order valence-corrected chi connectivity index (χ2v) is 11.4. The Kier molecular flexibility index (Phi) is 8.54. The number of amides is 2. The highest BCUT2D eigenvalue weighted by Gasteiger charge is 2.30. The molecule has 1 heterocycles. The Bertz CT molecular complexity index is 1510. The van der Waals surface area contributed by atoms with Gasteiger partial charge in [0, 0.05) is 21.9 Å². The van der Waals surface area contributed by atoms with E-state index in [-0.39, 0.29) is 11.8 Å². The van der Waals surface area contributed by atoms with Crippen LogP contribution in [0.25, 0.3) is 6.08 Å². The van der Waals surface area contributed by atoms with Gasteiger partial charge < -0.3 is 10.2 Å². The van der Waals surface area contributed by atoms with E-state index in [1.807, 2.05) is 79.7 Å². The van der Waals surface area contributed by atoms with Crippen LogP contribution in [0.5, 0.6) is 0 Å². The van der Waals surface area contributed by atoms with Gasteiger partial charge in [0.05, 0.1) is 17.1 Å². The van der Waals surface area contributed by atoms with E-state index >= 15 is 0 Å². The van der Waals surface area contributed by atoms with Crippen molar-refractivity contribution in [2.75, 3.05) is 17.7 Å². The molecule has 4 aromatic rings. The maximum atomic E-state index is 13.8. The highest BCUT2D eigenvalue weighted by molar-refractivity contribution is 8.04. The van der Waals surface area contributed by atoms with Gasteiger partial charge >= 0.3 is 0 Å². The van der Waals surface area contributed by atoms with Gasteiger partial charge in [-0.1, -0.05) is 84.1 Å². The highest BCUT2D eigenvalue weighted by atomic mass is 32.2. The number of aryl methyl sites for hydroxylation is 1. The van der Waals surface area contributed by atoms with Crippen LogP contribution in [-0.2, 0) is 17.8 Å². The lowest BCUT2D eigenvalue weighted by molar-refractivity contribution is -0.114. The van der Waals surface area contributed by atoms with E-state index in [1.165, 1.54) is 22.2 Å². The summed E-state index contributed by atoms with van der Waals surface area (Å²) in [5.74, 6) is -0.207. The van der Waals surface area contributed by atoms with Gasteiger partial charge in [-0.2, -0.15) is 0 Å². The van der Waals surface area contributed by atoms with Crippen LogP contribution in [0.2, 0.25) is 0 Å². The van der Waals surface area contributed by atoms with Crippen molar-refractivity contribution in [3.8, 4) is 0 Å². The Morgan fingerprint density at radius 1 is 0.923 bits per heavy atom. The van der Waals surface area contributed by atoms with Crippen LogP contribution in [0.4, 0.5) is 5.69 Å². The highest BCUT2D eigenvalue weighted by Crippen LogP contribution is 2.43. The number of hydrogen-bond acceptors (Lipinski definition) is 4. The van der Waals surface area contributed by atoms with Crippen molar-refractivity contribution in [3.05, 3.63) is 130 Å². The third kappa shape index (κ3) is 6.64. The molecule has 0 spiro atoms. The van der Waals surface area contributed by atoms with Crippen LogP contribution in [-0.4, -0.2) is 24.6 Å². The minimum atomic E-state index is -0.142. The van der Waals surface area contributed by atoms with Gasteiger partial charge in [-0.15, -0.1) is 11.8 Å². The van der Waals surface area contributed by atoms with Gasteiger partial charge in [0.1, 0.15) is 0 Å². The van der Waals surface area contributed by atoms with Crippen molar-refractivity contribution in [1.29, 1.82) is 0 Å². The average Bonchev–Trinajstić information content (AvgIpc) is 2.96. The zero-order valence-corrected chi connectivity index (χ0v) is 23.6. The number of thioether (sulfide) groups is 2. The SMILES string of the molecule is CSc1ccc(CCNC(=O)c2ccc3c(c2)N(Cc2cccc(C)c2)C(=O)/C(=C/c2ccccc2)S3)cc1. The van der Waals surface area contributed by atoms with E-state index < -0.39 is 0 Å². The lowest BCUT2D eigenvalue weighted by Gasteiger charge is -2.31. The van der Waals surface area contributed by atoms with Crippen LogP contribution in [0.15, 0.2) is 112 Å². The first-order valence-corrected chi connectivity index (χ1v) is 14.9. The zero-order chi connectivity index (χ0) is 27.2. The lowest BCUT2D eigenvalue weighted by Crippen LogP contribution is -2.34. The summed E-state index contributed by atoms with van der Waals surface area (Å²) in [4.78, 5) is 31.5. The molecule has 0 saturated carbocycles. The third-order valence-corrected chi connectivity index (χ3v) is 8.39. The molecule has 196 valence electrons. The molecular weight excluding hydrogens is 521 g/mol. The summed E-state index contributed by atoms with van der Waals surface area (Å²) in [6, 6.07) is 32.1. The van der Waals surface area contributed by atoms with E-state index in [4.69, 9.17) is 0 Å². The van der Waals surface area contributed by atoms with Crippen LogP contribution < -0.4 is 10.2 Å². The summed E-state index contributed by atoms with van der Waals surface area (Å²) in [6.07, 6.45) is 4.75.